The van der Waals surface area contributed by atoms with E-state index in [0.29, 0.717) is 25.9 Å². The molecular formula is C13H22N2O5. The van der Waals surface area contributed by atoms with E-state index in [4.69, 9.17) is 9.84 Å². The van der Waals surface area contributed by atoms with Gasteiger partial charge in [-0.05, 0) is 26.7 Å². The first-order valence-corrected chi connectivity index (χ1v) is 6.69. The van der Waals surface area contributed by atoms with E-state index in [0.717, 1.165) is 0 Å². The Morgan fingerprint density at radius 3 is 2.30 bits per heavy atom. The van der Waals surface area contributed by atoms with E-state index >= 15 is 0 Å². The van der Waals surface area contributed by atoms with Gasteiger partial charge in [-0.1, -0.05) is 0 Å². The van der Waals surface area contributed by atoms with Crippen molar-refractivity contribution in [3.63, 3.8) is 0 Å². The molecule has 1 aliphatic heterocycles. The lowest BCUT2D eigenvalue weighted by Gasteiger charge is -2.37. The SMILES string of the molecule is CCOC(=O)CN(C)C(=O)N1CCC(C)(C(=O)O)CC1. The van der Waals surface area contributed by atoms with Gasteiger partial charge in [-0.2, -0.15) is 0 Å². The summed E-state index contributed by atoms with van der Waals surface area (Å²) in [5.41, 5.74) is -0.767. The summed E-state index contributed by atoms with van der Waals surface area (Å²) in [6, 6.07) is -0.273. The van der Waals surface area contributed by atoms with Gasteiger partial charge in [0.25, 0.3) is 0 Å². The summed E-state index contributed by atoms with van der Waals surface area (Å²) in [4.78, 5) is 37.4. The highest BCUT2D eigenvalue weighted by Gasteiger charge is 2.38. The molecular weight excluding hydrogens is 264 g/mol. The van der Waals surface area contributed by atoms with Crippen molar-refractivity contribution in [1.82, 2.24) is 9.80 Å². The van der Waals surface area contributed by atoms with Crippen molar-refractivity contribution in [3.8, 4) is 0 Å². The molecule has 20 heavy (non-hydrogen) atoms. The highest BCUT2D eigenvalue weighted by atomic mass is 16.5. The summed E-state index contributed by atoms with van der Waals surface area (Å²) in [5.74, 6) is -1.28. The molecule has 0 radical (unpaired) electrons. The maximum Gasteiger partial charge on any atom is 0.325 e. The number of urea groups is 1. The molecule has 1 aliphatic rings. The summed E-state index contributed by atoms with van der Waals surface area (Å²) in [6.45, 7) is 4.35. The van der Waals surface area contributed by atoms with Crippen molar-refractivity contribution in [1.29, 1.82) is 0 Å². The molecule has 2 amide bonds. The first-order valence-electron chi connectivity index (χ1n) is 6.69. The number of piperidine rings is 1. The topological polar surface area (TPSA) is 87.2 Å². The van der Waals surface area contributed by atoms with Crippen molar-refractivity contribution >= 4 is 18.0 Å². The molecule has 7 heteroatoms. The van der Waals surface area contributed by atoms with Crippen LogP contribution in [-0.2, 0) is 14.3 Å². The zero-order chi connectivity index (χ0) is 15.3. The number of carbonyl (C=O) groups excluding carboxylic acids is 2. The maximum absolute atomic E-state index is 12.1. The van der Waals surface area contributed by atoms with Gasteiger partial charge in [-0.25, -0.2) is 4.79 Å². The third-order valence-corrected chi connectivity index (χ3v) is 3.65. The summed E-state index contributed by atoms with van der Waals surface area (Å²) in [6.07, 6.45) is 0.836. The van der Waals surface area contributed by atoms with Crippen LogP contribution in [0.1, 0.15) is 26.7 Å². The molecule has 0 aromatic carbocycles. The van der Waals surface area contributed by atoms with E-state index in [9.17, 15) is 14.4 Å². The van der Waals surface area contributed by atoms with Gasteiger partial charge in [0.2, 0.25) is 0 Å². The number of nitrogens with zero attached hydrogens (tertiary/aromatic N) is 2. The minimum absolute atomic E-state index is 0.0978. The predicted octanol–water partition coefficient (Wildman–Crippen LogP) is 0.788. The third kappa shape index (κ3) is 3.85. The normalized spacial score (nSPS) is 17.4. The van der Waals surface area contributed by atoms with Gasteiger partial charge in [-0.3, -0.25) is 9.59 Å². The van der Waals surface area contributed by atoms with E-state index in [1.807, 2.05) is 0 Å². The predicted molar refractivity (Wildman–Crippen MR) is 71.2 cm³/mol. The van der Waals surface area contributed by atoms with E-state index in [1.54, 1.807) is 18.7 Å². The van der Waals surface area contributed by atoms with Crippen molar-refractivity contribution in [2.75, 3.05) is 33.3 Å². The second kappa shape index (κ2) is 6.58. The fourth-order valence-corrected chi connectivity index (χ4v) is 2.11. The van der Waals surface area contributed by atoms with Crippen LogP contribution in [0, 0.1) is 5.41 Å². The standard InChI is InChI=1S/C13H22N2O5/c1-4-20-10(16)9-14(3)12(19)15-7-5-13(2,6-8-15)11(17)18/h4-9H2,1-3H3,(H,17,18). The zero-order valence-corrected chi connectivity index (χ0v) is 12.2. The molecule has 0 aromatic heterocycles. The van der Waals surface area contributed by atoms with Crippen LogP contribution in [0.5, 0.6) is 0 Å². The number of aliphatic carboxylic acids is 1. The minimum Gasteiger partial charge on any atom is -0.481 e. The first kappa shape index (κ1) is 16.3. The summed E-state index contributed by atoms with van der Waals surface area (Å²) < 4.78 is 4.79. The Bertz CT molecular complexity index is 388. The largest absolute Gasteiger partial charge is 0.481 e. The molecule has 1 heterocycles. The fraction of sp³-hybridized carbons (Fsp3) is 0.769. The maximum atomic E-state index is 12.1. The van der Waals surface area contributed by atoms with Crippen LogP contribution in [-0.4, -0.2) is 66.2 Å². The number of hydrogen-bond donors (Lipinski definition) is 1. The van der Waals surface area contributed by atoms with Gasteiger partial charge in [0.05, 0.1) is 12.0 Å². The van der Waals surface area contributed by atoms with Gasteiger partial charge < -0.3 is 19.6 Å². The average Bonchev–Trinajstić information content (AvgIpc) is 2.38. The third-order valence-electron chi connectivity index (χ3n) is 3.65. The number of ether oxygens (including phenoxy) is 1. The number of rotatable bonds is 4. The second-order valence-electron chi connectivity index (χ2n) is 5.30. The molecule has 0 aromatic rings. The number of carbonyl (C=O) groups is 3. The minimum atomic E-state index is -0.829. The highest BCUT2D eigenvalue weighted by molar-refractivity contribution is 5.81. The van der Waals surface area contributed by atoms with Crippen LogP contribution in [0.4, 0.5) is 4.79 Å². The molecule has 114 valence electrons. The molecule has 1 N–H and O–H groups in total. The first-order chi connectivity index (χ1) is 9.30. The molecule has 0 unspecified atom stereocenters. The van der Waals surface area contributed by atoms with Crippen molar-refractivity contribution in [3.05, 3.63) is 0 Å². The molecule has 1 fully saturated rings. The number of carboxylic acid groups (broad SMARTS) is 1. The van der Waals surface area contributed by atoms with E-state index in [2.05, 4.69) is 0 Å². The van der Waals surface area contributed by atoms with Gasteiger partial charge in [0.15, 0.2) is 0 Å². The molecule has 0 spiro atoms. The van der Waals surface area contributed by atoms with Gasteiger partial charge >= 0.3 is 18.0 Å². The molecule has 0 aliphatic carbocycles. The molecule has 0 atom stereocenters. The van der Waals surface area contributed by atoms with Crippen molar-refractivity contribution in [2.45, 2.75) is 26.7 Å². The lowest BCUT2D eigenvalue weighted by Crippen LogP contribution is -2.50. The van der Waals surface area contributed by atoms with Crippen LogP contribution < -0.4 is 0 Å². The summed E-state index contributed by atoms with van der Waals surface area (Å²) in [7, 11) is 1.53. The summed E-state index contributed by atoms with van der Waals surface area (Å²) >= 11 is 0. The van der Waals surface area contributed by atoms with Crippen LogP contribution >= 0.6 is 0 Å². The van der Waals surface area contributed by atoms with Crippen LogP contribution in [0.25, 0.3) is 0 Å². The number of esters is 1. The number of likely N-dealkylation sites (tertiary alicyclic amines) is 1. The van der Waals surface area contributed by atoms with Crippen LogP contribution in [0.15, 0.2) is 0 Å². The van der Waals surface area contributed by atoms with Crippen LogP contribution in [0.2, 0.25) is 0 Å². The molecule has 1 saturated heterocycles. The van der Waals surface area contributed by atoms with E-state index < -0.39 is 17.4 Å². The molecule has 0 bridgehead atoms. The lowest BCUT2D eigenvalue weighted by molar-refractivity contribution is -0.150. The lowest BCUT2D eigenvalue weighted by atomic mass is 9.80. The second-order valence-corrected chi connectivity index (χ2v) is 5.30. The zero-order valence-electron chi connectivity index (χ0n) is 12.2. The average molecular weight is 286 g/mol. The van der Waals surface area contributed by atoms with Crippen LogP contribution in [0.3, 0.4) is 0 Å². The van der Waals surface area contributed by atoms with Crippen molar-refractivity contribution < 1.29 is 24.2 Å². The quantitative estimate of drug-likeness (QED) is 0.772. The number of carboxylic acids is 1. The highest BCUT2D eigenvalue weighted by Crippen LogP contribution is 2.31. The Labute approximate surface area is 118 Å². The Hall–Kier alpha value is -1.79. The van der Waals surface area contributed by atoms with Gasteiger partial charge in [-0.15, -0.1) is 0 Å². The Morgan fingerprint density at radius 2 is 1.85 bits per heavy atom. The van der Waals surface area contributed by atoms with E-state index in [-0.39, 0.29) is 19.2 Å². The van der Waals surface area contributed by atoms with E-state index in [1.165, 1.54) is 11.9 Å². The molecule has 7 nitrogen and oxygen atoms in total. The van der Waals surface area contributed by atoms with Gasteiger partial charge in [0.1, 0.15) is 6.54 Å². The fourth-order valence-electron chi connectivity index (χ4n) is 2.11. The number of likely N-dealkylation sites (N-methyl/N-ethyl adjacent to an activating group) is 1. The Balaban J connectivity index is 2.50. The van der Waals surface area contributed by atoms with Gasteiger partial charge in [0, 0.05) is 20.1 Å². The summed E-state index contributed by atoms with van der Waals surface area (Å²) in [5, 5.41) is 9.13. The molecule has 1 rings (SSSR count). The smallest absolute Gasteiger partial charge is 0.325 e. The number of amides is 2. The Kier molecular flexibility index (Phi) is 5.35. The molecule has 0 saturated carbocycles. The Morgan fingerprint density at radius 1 is 1.30 bits per heavy atom. The van der Waals surface area contributed by atoms with Crippen molar-refractivity contribution in [2.24, 2.45) is 5.41 Å². The number of hydrogen-bond acceptors (Lipinski definition) is 4. The monoisotopic (exact) mass is 286 g/mol.